The van der Waals surface area contributed by atoms with Crippen molar-refractivity contribution in [1.82, 2.24) is 9.55 Å². The number of anilines is 1. The molecule has 0 radical (unpaired) electrons. The third-order valence-electron chi connectivity index (χ3n) is 3.22. The number of hydrogen-bond donors (Lipinski definition) is 1. The Morgan fingerprint density at radius 1 is 1.33 bits per heavy atom. The van der Waals surface area contributed by atoms with Crippen molar-refractivity contribution in [1.29, 1.82) is 0 Å². The number of halogens is 2. The van der Waals surface area contributed by atoms with Gasteiger partial charge in [0.05, 0.1) is 11.7 Å². The van der Waals surface area contributed by atoms with E-state index in [1.807, 2.05) is 13.1 Å². The summed E-state index contributed by atoms with van der Waals surface area (Å²) in [6.07, 6.45) is 2.46. The van der Waals surface area contributed by atoms with Gasteiger partial charge in [-0.3, -0.25) is 0 Å². The Morgan fingerprint density at radius 3 is 2.78 bits per heavy atom. The van der Waals surface area contributed by atoms with Crippen molar-refractivity contribution in [3.05, 3.63) is 47.3 Å². The van der Waals surface area contributed by atoms with Gasteiger partial charge in [0.1, 0.15) is 11.6 Å². The zero-order valence-electron chi connectivity index (χ0n) is 9.95. The number of rotatable bonds is 1. The summed E-state index contributed by atoms with van der Waals surface area (Å²) in [5.41, 5.74) is 0.957. The van der Waals surface area contributed by atoms with Crippen LogP contribution in [-0.4, -0.2) is 16.1 Å². The lowest BCUT2D eigenvalue weighted by Gasteiger charge is -2.26. The van der Waals surface area contributed by atoms with Crippen molar-refractivity contribution in [2.45, 2.75) is 19.4 Å². The first-order valence-electron chi connectivity index (χ1n) is 5.90. The second-order valence-corrected chi connectivity index (χ2v) is 4.48. The number of aryl methyl sites for hydroxylation is 1. The van der Waals surface area contributed by atoms with E-state index in [0.717, 1.165) is 5.69 Å². The Bertz CT molecular complexity index is 572. The van der Waals surface area contributed by atoms with Gasteiger partial charge in [-0.05, 0) is 25.5 Å². The van der Waals surface area contributed by atoms with Gasteiger partial charge in [0.25, 0.3) is 0 Å². The first-order valence-corrected chi connectivity index (χ1v) is 5.90. The van der Waals surface area contributed by atoms with Crippen LogP contribution in [0.1, 0.15) is 23.7 Å². The van der Waals surface area contributed by atoms with E-state index in [4.69, 9.17) is 0 Å². The topological polar surface area (TPSA) is 29.9 Å². The molecule has 0 spiro atoms. The Morgan fingerprint density at radius 2 is 2.06 bits per heavy atom. The Balaban J connectivity index is 2.14. The smallest absolute Gasteiger partial charge is 0.203 e. The largest absolute Gasteiger partial charge is 0.356 e. The fourth-order valence-electron chi connectivity index (χ4n) is 2.46. The summed E-state index contributed by atoms with van der Waals surface area (Å²) >= 11 is 0. The second kappa shape index (κ2) is 4.08. The van der Waals surface area contributed by atoms with E-state index >= 15 is 0 Å². The molecular formula is C13H13F2N3. The zero-order chi connectivity index (χ0) is 12.7. The van der Waals surface area contributed by atoms with Crippen molar-refractivity contribution in [3.8, 4) is 0 Å². The molecule has 18 heavy (non-hydrogen) atoms. The van der Waals surface area contributed by atoms with Gasteiger partial charge in [-0.2, -0.15) is 0 Å². The molecule has 0 saturated carbocycles. The molecule has 1 aromatic carbocycles. The Labute approximate surface area is 103 Å². The van der Waals surface area contributed by atoms with Crippen LogP contribution in [0, 0.1) is 18.6 Å². The molecule has 1 aliphatic heterocycles. The van der Waals surface area contributed by atoms with E-state index < -0.39 is 11.6 Å². The molecule has 1 unspecified atom stereocenters. The molecule has 0 saturated heterocycles. The van der Waals surface area contributed by atoms with Crippen LogP contribution in [0.25, 0.3) is 0 Å². The van der Waals surface area contributed by atoms with Crippen LogP contribution >= 0.6 is 0 Å². The molecular weight excluding hydrogens is 236 g/mol. The highest BCUT2D eigenvalue weighted by Gasteiger charge is 2.26. The maximum atomic E-state index is 13.8. The van der Waals surface area contributed by atoms with Crippen LogP contribution in [0.4, 0.5) is 14.7 Å². The van der Waals surface area contributed by atoms with Crippen LogP contribution in [0.5, 0.6) is 0 Å². The molecule has 5 heteroatoms. The van der Waals surface area contributed by atoms with E-state index in [0.29, 0.717) is 18.9 Å². The highest BCUT2D eigenvalue weighted by atomic mass is 19.1. The molecule has 0 bridgehead atoms. The fraction of sp³-hybridized carbons (Fsp3) is 0.308. The Hall–Kier alpha value is -1.91. The first-order chi connectivity index (χ1) is 8.66. The predicted octanol–water partition coefficient (Wildman–Crippen LogP) is 2.87. The lowest BCUT2D eigenvalue weighted by atomic mass is 10.0. The number of aromatic nitrogens is 2. The summed E-state index contributed by atoms with van der Waals surface area (Å²) in [5.74, 6) is -0.329. The molecule has 3 nitrogen and oxygen atoms in total. The van der Waals surface area contributed by atoms with Gasteiger partial charge in [0.2, 0.25) is 5.95 Å². The van der Waals surface area contributed by atoms with Crippen molar-refractivity contribution in [3.63, 3.8) is 0 Å². The molecule has 1 aliphatic rings. The quantitative estimate of drug-likeness (QED) is 0.842. The van der Waals surface area contributed by atoms with Gasteiger partial charge in [-0.25, -0.2) is 13.8 Å². The minimum Gasteiger partial charge on any atom is -0.356 e. The lowest BCUT2D eigenvalue weighted by Crippen LogP contribution is -2.24. The highest BCUT2D eigenvalue weighted by molar-refractivity contribution is 5.36. The summed E-state index contributed by atoms with van der Waals surface area (Å²) in [7, 11) is 0. The van der Waals surface area contributed by atoms with Crippen molar-refractivity contribution in [2.75, 3.05) is 11.9 Å². The van der Waals surface area contributed by atoms with E-state index in [9.17, 15) is 8.78 Å². The van der Waals surface area contributed by atoms with Crippen molar-refractivity contribution < 1.29 is 8.78 Å². The van der Waals surface area contributed by atoms with Gasteiger partial charge in [0.15, 0.2) is 0 Å². The normalized spacial score (nSPS) is 18.3. The summed E-state index contributed by atoms with van der Waals surface area (Å²) in [6.45, 7) is 2.52. The lowest BCUT2D eigenvalue weighted by molar-refractivity contribution is 0.462. The molecule has 0 aliphatic carbocycles. The predicted molar refractivity (Wildman–Crippen MR) is 64.6 cm³/mol. The minimum atomic E-state index is -0.501. The molecule has 1 aromatic heterocycles. The summed E-state index contributed by atoms with van der Waals surface area (Å²) in [6, 6.07) is 3.65. The Kier molecular flexibility index (Phi) is 2.54. The summed E-state index contributed by atoms with van der Waals surface area (Å²) in [5, 5.41) is 3.13. The summed E-state index contributed by atoms with van der Waals surface area (Å²) in [4.78, 5) is 4.29. The number of fused-ring (bicyclic) bond motifs is 1. The van der Waals surface area contributed by atoms with E-state index in [-0.39, 0.29) is 11.6 Å². The molecule has 2 heterocycles. The molecule has 1 N–H and O–H groups in total. The minimum absolute atomic E-state index is 0.123. The molecule has 1 atom stereocenters. The van der Waals surface area contributed by atoms with Crippen molar-refractivity contribution in [2.24, 2.45) is 0 Å². The molecule has 0 fully saturated rings. The zero-order valence-corrected chi connectivity index (χ0v) is 9.95. The van der Waals surface area contributed by atoms with E-state index in [1.165, 1.54) is 18.2 Å². The highest BCUT2D eigenvalue weighted by Crippen LogP contribution is 2.32. The molecule has 2 aromatic rings. The van der Waals surface area contributed by atoms with Gasteiger partial charge >= 0.3 is 0 Å². The third kappa shape index (κ3) is 1.66. The van der Waals surface area contributed by atoms with Gasteiger partial charge < -0.3 is 9.88 Å². The van der Waals surface area contributed by atoms with E-state index in [2.05, 4.69) is 10.3 Å². The number of nitrogens with zero attached hydrogens (tertiary/aromatic N) is 2. The van der Waals surface area contributed by atoms with E-state index in [1.54, 1.807) is 4.57 Å². The molecule has 3 rings (SSSR count). The van der Waals surface area contributed by atoms with Crippen LogP contribution in [0.2, 0.25) is 0 Å². The molecule has 0 amide bonds. The molecule has 94 valence electrons. The number of benzene rings is 1. The van der Waals surface area contributed by atoms with Crippen LogP contribution < -0.4 is 5.32 Å². The maximum Gasteiger partial charge on any atom is 0.203 e. The standard InChI is InChI=1S/C13H13F2N3/c1-8-7-18-11(5-6-16-13(18)17-8)12-9(14)3-2-4-10(12)15/h2-4,7,11H,5-6H2,1H3,(H,16,17). The van der Waals surface area contributed by atoms with Crippen LogP contribution in [0.3, 0.4) is 0 Å². The third-order valence-corrected chi connectivity index (χ3v) is 3.22. The average Bonchev–Trinajstić information content (AvgIpc) is 2.70. The maximum absolute atomic E-state index is 13.8. The fourth-order valence-corrected chi connectivity index (χ4v) is 2.46. The van der Waals surface area contributed by atoms with Gasteiger partial charge in [-0.15, -0.1) is 0 Å². The summed E-state index contributed by atoms with van der Waals surface area (Å²) < 4.78 is 29.5. The monoisotopic (exact) mass is 249 g/mol. The first kappa shape index (κ1) is 11.2. The number of imidazole rings is 1. The van der Waals surface area contributed by atoms with Crippen LogP contribution in [-0.2, 0) is 0 Å². The second-order valence-electron chi connectivity index (χ2n) is 4.48. The average molecular weight is 249 g/mol. The van der Waals surface area contributed by atoms with Crippen LogP contribution in [0.15, 0.2) is 24.4 Å². The van der Waals surface area contributed by atoms with Gasteiger partial charge in [-0.1, -0.05) is 6.07 Å². The number of hydrogen-bond acceptors (Lipinski definition) is 2. The SMILES string of the molecule is Cc1cn2c(n1)NCCC2c1c(F)cccc1F. The van der Waals surface area contributed by atoms with Crippen molar-refractivity contribution >= 4 is 5.95 Å². The van der Waals surface area contributed by atoms with Gasteiger partial charge in [0, 0.05) is 18.3 Å². The number of nitrogens with one attached hydrogen (secondary N) is 1.